The number of nitrogens with one attached hydrogen (secondary N) is 3. The fourth-order valence-electron chi connectivity index (χ4n) is 4.07. The van der Waals surface area contributed by atoms with E-state index >= 15 is 0 Å². The number of hydrogen-bond donors (Lipinski definition) is 3. The number of benzene rings is 1. The van der Waals surface area contributed by atoms with E-state index in [4.69, 9.17) is 16.3 Å². The van der Waals surface area contributed by atoms with Crippen molar-refractivity contribution in [2.75, 3.05) is 23.1 Å². The van der Waals surface area contributed by atoms with Gasteiger partial charge in [-0.2, -0.15) is 23.4 Å². The molecule has 44 heavy (non-hydrogen) atoms. The van der Waals surface area contributed by atoms with Crippen LogP contribution in [0.1, 0.15) is 34.6 Å². The Hall–Kier alpha value is -5.16. The minimum atomic E-state index is -4.94. The van der Waals surface area contributed by atoms with Gasteiger partial charge in [0.1, 0.15) is 5.56 Å². The van der Waals surface area contributed by atoms with Crippen molar-refractivity contribution in [1.29, 1.82) is 0 Å². The molecule has 0 saturated carbocycles. The Morgan fingerprint density at radius 1 is 0.977 bits per heavy atom. The smallest absolute Gasteiger partial charge is 0.375 e. The number of rotatable bonds is 7. The Balaban J connectivity index is 1.36. The number of nitrogens with zero attached hydrogens (tertiary/aromatic N) is 6. The number of alkyl halides is 3. The first kappa shape index (κ1) is 30.3. The molecule has 0 spiro atoms. The summed E-state index contributed by atoms with van der Waals surface area (Å²) < 4.78 is 76.3. The van der Waals surface area contributed by atoms with Crippen molar-refractivity contribution in [3.63, 3.8) is 0 Å². The number of aromatic nitrogens is 6. The summed E-state index contributed by atoms with van der Waals surface area (Å²) in [4.78, 5) is 33.2. The van der Waals surface area contributed by atoms with Crippen LogP contribution in [-0.4, -0.2) is 48.4 Å². The molecule has 1 aromatic carbocycles. The number of carbonyl (C=O) groups is 2. The molecular weight excluding hydrogens is 617 g/mol. The Morgan fingerprint density at radius 3 is 2.45 bits per heavy atom. The Bertz CT molecular complexity index is 1890. The topological polar surface area (TPSA) is 140 Å². The third kappa shape index (κ3) is 6.28. The maximum Gasteiger partial charge on any atom is 0.420 e. The molecule has 5 rings (SSSR count). The van der Waals surface area contributed by atoms with E-state index < -0.39 is 47.2 Å². The second-order valence-electron chi connectivity index (χ2n) is 9.10. The lowest BCUT2D eigenvalue weighted by molar-refractivity contribution is -0.137. The molecule has 228 valence electrons. The van der Waals surface area contributed by atoms with Crippen molar-refractivity contribution in [1.82, 2.24) is 29.4 Å². The van der Waals surface area contributed by atoms with Gasteiger partial charge >= 0.3 is 12.2 Å². The molecule has 0 aliphatic heterocycles. The van der Waals surface area contributed by atoms with Gasteiger partial charge in [-0.3, -0.25) is 4.79 Å². The molecule has 3 N–H and O–H groups in total. The van der Waals surface area contributed by atoms with E-state index in [2.05, 4.69) is 36.1 Å². The molecule has 12 nitrogen and oxygen atoms in total. The van der Waals surface area contributed by atoms with E-state index in [9.17, 15) is 31.5 Å². The lowest BCUT2D eigenvalue weighted by atomic mass is 10.2. The van der Waals surface area contributed by atoms with E-state index in [1.54, 1.807) is 6.92 Å². The molecule has 0 saturated heterocycles. The van der Waals surface area contributed by atoms with Crippen LogP contribution < -0.4 is 16.0 Å². The molecule has 0 aliphatic carbocycles. The number of halogens is 6. The molecule has 3 amide bonds. The molecule has 1 atom stereocenters. The average Bonchev–Trinajstić information content (AvgIpc) is 3.59. The first-order valence-electron chi connectivity index (χ1n) is 12.4. The van der Waals surface area contributed by atoms with Crippen molar-refractivity contribution in [3.05, 3.63) is 88.7 Å². The summed E-state index contributed by atoms with van der Waals surface area (Å²) in [5.74, 6) is -3.93. The molecular formula is C26H19ClF5N9O3. The van der Waals surface area contributed by atoms with Gasteiger partial charge in [0.05, 0.1) is 53.6 Å². The van der Waals surface area contributed by atoms with Crippen LogP contribution in [-0.2, 0) is 10.9 Å². The lowest BCUT2D eigenvalue weighted by Gasteiger charge is -2.17. The molecule has 0 aliphatic rings. The van der Waals surface area contributed by atoms with E-state index in [-0.39, 0.29) is 27.8 Å². The van der Waals surface area contributed by atoms with Gasteiger partial charge in [-0.15, -0.1) is 0 Å². The van der Waals surface area contributed by atoms with Gasteiger partial charge in [0.25, 0.3) is 5.91 Å². The van der Waals surface area contributed by atoms with Crippen LogP contribution in [0.4, 0.5) is 43.8 Å². The third-order valence-corrected chi connectivity index (χ3v) is 6.33. The summed E-state index contributed by atoms with van der Waals surface area (Å²) >= 11 is 5.98. The number of amides is 3. The van der Waals surface area contributed by atoms with Gasteiger partial charge in [-0.25, -0.2) is 32.7 Å². The van der Waals surface area contributed by atoms with Gasteiger partial charge in [0.15, 0.2) is 28.3 Å². The van der Waals surface area contributed by atoms with Gasteiger partial charge in [-0.1, -0.05) is 11.6 Å². The Morgan fingerprint density at radius 2 is 1.75 bits per heavy atom. The fourth-order valence-corrected chi connectivity index (χ4v) is 4.24. The van der Waals surface area contributed by atoms with Crippen molar-refractivity contribution in [2.45, 2.75) is 19.2 Å². The maximum atomic E-state index is 14.1. The second-order valence-corrected chi connectivity index (χ2v) is 9.49. The molecule has 4 aromatic heterocycles. The highest BCUT2D eigenvalue weighted by Crippen LogP contribution is 2.35. The summed E-state index contributed by atoms with van der Waals surface area (Å²) in [5, 5.41) is 15.2. The highest BCUT2D eigenvalue weighted by Gasteiger charge is 2.36. The van der Waals surface area contributed by atoms with Gasteiger partial charge < -0.3 is 20.7 Å². The first-order chi connectivity index (χ1) is 20.8. The highest BCUT2D eigenvalue weighted by molar-refractivity contribution is 6.29. The molecule has 0 bridgehead atoms. The van der Waals surface area contributed by atoms with E-state index in [0.717, 1.165) is 35.4 Å². The lowest BCUT2D eigenvalue weighted by Crippen LogP contribution is -2.23. The number of urea groups is 1. The quantitative estimate of drug-likeness (QED) is 0.190. The van der Waals surface area contributed by atoms with Crippen molar-refractivity contribution >= 4 is 46.2 Å². The predicted molar refractivity (Wildman–Crippen MR) is 147 cm³/mol. The summed E-state index contributed by atoms with van der Waals surface area (Å²) in [6, 6.07) is 3.68. The molecule has 0 radical (unpaired) electrons. The summed E-state index contributed by atoms with van der Waals surface area (Å²) in [6.45, 7) is 1.68. The summed E-state index contributed by atoms with van der Waals surface area (Å²) in [7, 11) is 1.43. The molecule has 0 fully saturated rings. The summed E-state index contributed by atoms with van der Waals surface area (Å²) in [5.41, 5.74) is -0.960. The number of methoxy groups -OCH3 is 1. The van der Waals surface area contributed by atoms with Crippen LogP contribution >= 0.6 is 11.6 Å². The minimum Gasteiger partial charge on any atom is -0.375 e. The van der Waals surface area contributed by atoms with Crippen molar-refractivity contribution in [3.8, 4) is 5.82 Å². The number of carbonyl (C=O) groups excluding carboxylic acids is 2. The SMILES string of the molecule is CO[C@@H](C)c1c(NC(=O)Nc2cnc(-n3cc(NC(=O)c4ccc(F)c(F)c4)cn3)c(C(F)(F)F)c2)cnc2cc(Cl)nn12. The standard InChI is InChI=1S/C26H19ClF5N9O3/c1-12(44-2)22-19(10-33-21-7-20(27)39-41(21)22)38-25(43)37-14-6-16(26(30,31)32)23(34-8-14)40-11-15(9-35-40)36-24(42)13-3-4-17(28)18(29)5-13/h3-12H,1-2H3,(H,36,42)(H2,37,38,43)/t12-/m0/s1. The van der Waals surface area contributed by atoms with Crippen LogP contribution in [0, 0.1) is 11.6 Å². The third-order valence-electron chi connectivity index (χ3n) is 6.15. The predicted octanol–water partition coefficient (Wildman–Crippen LogP) is 5.86. The average molecular weight is 636 g/mol. The maximum absolute atomic E-state index is 14.1. The van der Waals surface area contributed by atoms with Crippen LogP contribution in [0.2, 0.25) is 5.15 Å². The number of ether oxygens (including phenoxy) is 1. The largest absolute Gasteiger partial charge is 0.420 e. The monoisotopic (exact) mass is 635 g/mol. The second kappa shape index (κ2) is 11.8. The zero-order valence-electron chi connectivity index (χ0n) is 22.4. The van der Waals surface area contributed by atoms with Crippen LogP contribution in [0.15, 0.2) is 55.1 Å². The number of anilines is 3. The Kier molecular flexibility index (Phi) is 8.16. The zero-order valence-corrected chi connectivity index (χ0v) is 23.2. The van der Waals surface area contributed by atoms with E-state index in [1.165, 1.54) is 23.9 Å². The first-order valence-corrected chi connectivity index (χ1v) is 12.8. The molecule has 5 aromatic rings. The fraction of sp³-hybridized carbons (Fsp3) is 0.154. The van der Waals surface area contributed by atoms with Gasteiger partial charge in [-0.05, 0) is 31.2 Å². The summed E-state index contributed by atoms with van der Waals surface area (Å²) in [6.07, 6.45) is -1.16. The molecule has 4 heterocycles. The number of fused-ring (bicyclic) bond motifs is 1. The van der Waals surface area contributed by atoms with E-state index in [1.807, 2.05) is 0 Å². The molecule has 18 heteroatoms. The normalized spacial score (nSPS) is 12.3. The number of pyridine rings is 1. The molecule has 0 unspecified atom stereocenters. The van der Waals surface area contributed by atoms with Crippen LogP contribution in [0.25, 0.3) is 11.5 Å². The van der Waals surface area contributed by atoms with Crippen molar-refractivity contribution < 1.29 is 36.3 Å². The minimum absolute atomic E-state index is 0.0543. The van der Waals surface area contributed by atoms with Crippen molar-refractivity contribution in [2.24, 2.45) is 0 Å². The van der Waals surface area contributed by atoms with Crippen LogP contribution in [0.5, 0.6) is 0 Å². The van der Waals surface area contributed by atoms with Gasteiger partial charge in [0, 0.05) is 18.7 Å². The van der Waals surface area contributed by atoms with Crippen LogP contribution in [0.3, 0.4) is 0 Å². The van der Waals surface area contributed by atoms with E-state index in [0.29, 0.717) is 23.5 Å². The highest BCUT2D eigenvalue weighted by atomic mass is 35.5. The number of hydrogen-bond acceptors (Lipinski definition) is 7. The van der Waals surface area contributed by atoms with Gasteiger partial charge in [0.2, 0.25) is 0 Å². The zero-order chi connectivity index (χ0) is 31.8. The Labute approximate surface area is 248 Å².